The van der Waals surface area contributed by atoms with Gasteiger partial charge in [-0.1, -0.05) is 6.92 Å². The van der Waals surface area contributed by atoms with Gasteiger partial charge in [-0.15, -0.1) is 0 Å². The number of rotatable bonds is 5. The van der Waals surface area contributed by atoms with Crippen molar-refractivity contribution in [3.63, 3.8) is 0 Å². The Morgan fingerprint density at radius 2 is 2.00 bits per heavy atom. The summed E-state index contributed by atoms with van der Waals surface area (Å²) in [7, 11) is 1.91. The molecule has 4 nitrogen and oxygen atoms in total. The van der Waals surface area contributed by atoms with Crippen molar-refractivity contribution in [3.05, 3.63) is 0 Å². The fourth-order valence-electron chi connectivity index (χ4n) is 3.26. The van der Waals surface area contributed by atoms with E-state index in [-0.39, 0.29) is 5.92 Å². The van der Waals surface area contributed by atoms with E-state index in [1.807, 2.05) is 14.0 Å². The third kappa shape index (κ3) is 3.23. The fourth-order valence-corrected chi connectivity index (χ4v) is 3.26. The molecule has 0 aromatic rings. The van der Waals surface area contributed by atoms with Crippen molar-refractivity contribution in [2.24, 2.45) is 5.92 Å². The Kier molecular flexibility index (Phi) is 5.01. The van der Waals surface area contributed by atoms with E-state index in [1.54, 1.807) is 0 Å². The van der Waals surface area contributed by atoms with E-state index in [4.69, 9.17) is 0 Å². The first kappa shape index (κ1) is 13.8. The van der Waals surface area contributed by atoms with E-state index >= 15 is 0 Å². The minimum Gasteiger partial charge on any atom is -0.338 e. The van der Waals surface area contributed by atoms with Gasteiger partial charge in [-0.05, 0) is 45.8 Å². The Balaban J connectivity index is 1.87. The molecule has 0 saturated carbocycles. The van der Waals surface area contributed by atoms with Crippen molar-refractivity contribution in [3.8, 4) is 0 Å². The van der Waals surface area contributed by atoms with Crippen LogP contribution >= 0.6 is 0 Å². The SMILES string of the molecule is CNCC(C)C(=O)N1CCCC1CN1CCCC1. The van der Waals surface area contributed by atoms with Crippen LogP contribution in [0.4, 0.5) is 0 Å². The average molecular weight is 253 g/mol. The molecule has 2 aliphatic rings. The van der Waals surface area contributed by atoms with Crippen molar-refractivity contribution in [2.45, 2.75) is 38.6 Å². The molecule has 2 heterocycles. The zero-order valence-electron chi connectivity index (χ0n) is 11.8. The molecule has 0 bridgehead atoms. The molecule has 0 aromatic carbocycles. The maximum atomic E-state index is 12.4. The Morgan fingerprint density at radius 1 is 1.28 bits per heavy atom. The number of likely N-dealkylation sites (tertiary alicyclic amines) is 2. The number of nitrogens with one attached hydrogen (secondary N) is 1. The Bertz CT molecular complexity index is 276. The molecule has 2 unspecified atom stereocenters. The highest BCUT2D eigenvalue weighted by Gasteiger charge is 2.32. The molecule has 2 atom stereocenters. The molecule has 2 fully saturated rings. The van der Waals surface area contributed by atoms with Gasteiger partial charge in [-0.3, -0.25) is 4.79 Å². The summed E-state index contributed by atoms with van der Waals surface area (Å²) in [5.41, 5.74) is 0. The Labute approximate surface area is 111 Å². The van der Waals surface area contributed by atoms with Crippen LogP contribution in [-0.2, 0) is 4.79 Å². The smallest absolute Gasteiger partial charge is 0.226 e. The van der Waals surface area contributed by atoms with Gasteiger partial charge in [-0.25, -0.2) is 0 Å². The highest BCUT2D eigenvalue weighted by atomic mass is 16.2. The van der Waals surface area contributed by atoms with Gasteiger partial charge in [0.1, 0.15) is 0 Å². The number of carbonyl (C=O) groups is 1. The summed E-state index contributed by atoms with van der Waals surface area (Å²) < 4.78 is 0. The lowest BCUT2D eigenvalue weighted by atomic mass is 10.1. The molecule has 104 valence electrons. The predicted octanol–water partition coefficient (Wildman–Crippen LogP) is 0.929. The van der Waals surface area contributed by atoms with Crippen LogP contribution < -0.4 is 5.32 Å². The van der Waals surface area contributed by atoms with E-state index in [2.05, 4.69) is 15.1 Å². The molecule has 0 aromatic heterocycles. The quantitative estimate of drug-likeness (QED) is 0.792. The van der Waals surface area contributed by atoms with Crippen molar-refractivity contribution in [1.82, 2.24) is 15.1 Å². The topological polar surface area (TPSA) is 35.6 Å². The number of nitrogens with zero attached hydrogens (tertiary/aromatic N) is 2. The van der Waals surface area contributed by atoms with Gasteiger partial charge in [0, 0.05) is 31.6 Å². The van der Waals surface area contributed by atoms with Crippen molar-refractivity contribution >= 4 is 5.91 Å². The molecule has 0 radical (unpaired) electrons. The predicted molar refractivity (Wildman–Crippen MR) is 73.5 cm³/mol. The molecule has 4 heteroatoms. The van der Waals surface area contributed by atoms with Gasteiger partial charge >= 0.3 is 0 Å². The zero-order valence-corrected chi connectivity index (χ0v) is 11.8. The molecule has 2 rings (SSSR count). The molecule has 2 saturated heterocycles. The van der Waals surface area contributed by atoms with Crippen molar-refractivity contribution in [1.29, 1.82) is 0 Å². The Morgan fingerprint density at radius 3 is 2.67 bits per heavy atom. The van der Waals surface area contributed by atoms with Gasteiger partial charge in [0.2, 0.25) is 5.91 Å². The first-order chi connectivity index (χ1) is 8.72. The average Bonchev–Trinajstić information content (AvgIpc) is 3.00. The Hall–Kier alpha value is -0.610. The summed E-state index contributed by atoms with van der Waals surface area (Å²) in [6.07, 6.45) is 5.03. The maximum Gasteiger partial charge on any atom is 0.226 e. The summed E-state index contributed by atoms with van der Waals surface area (Å²) in [4.78, 5) is 17.1. The van der Waals surface area contributed by atoms with Crippen molar-refractivity contribution < 1.29 is 4.79 Å². The number of hydrogen-bond acceptors (Lipinski definition) is 3. The van der Waals surface area contributed by atoms with Gasteiger partial charge in [0.25, 0.3) is 0 Å². The van der Waals surface area contributed by atoms with Crippen LogP contribution in [0, 0.1) is 5.92 Å². The molecular formula is C14H27N3O. The first-order valence-corrected chi connectivity index (χ1v) is 7.40. The molecule has 2 aliphatic heterocycles. The van der Waals surface area contributed by atoms with Crippen LogP contribution in [0.15, 0.2) is 0 Å². The van der Waals surface area contributed by atoms with E-state index in [1.165, 1.54) is 38.8 Å². The van der Waals surface area contributed by atoms with E-state index in [0.717, 1.165) is 19.6 Å². The molecule has 1 amide bonds. The van der Waals surface area contributed by atoms with E-state index in [9.17, 15) is 4.79 Å². The molecule has 1 N–H and O–H groups in total. The fraction of sp³-hybridized carbons (Fsp3) is 0.929. The minimum absolute atomic E-state index is 0.106. The van der Waals surface area contributed by atoms with Crippen LogP contribution in [-0.4, -0.2) is 61.5 Å². The maximum absolute atomic E-state index is 12.4. The highest BCUT2D eigenvalue weighted by molar-refractivity contribution is 5.79. The summed E-state index contributed by atoms with van der Waals surface area (Å²) in [5.74, 6) is 0.445. The van der Waals surface area contributed by atoms with E-state index < -0.39 is 0 Å². The molecule has 0 spiro atoms. The second-order valence-electron chi connectivity index (χ2n) is 5.79. The van der Waals surface area contributed by atoms with Crippen LogP contribution in [0.1, 0.15) is 32.6 Å². The van der Waals surface area contributed by atoms with Crippen molar-refractivity contribution in [2.75, 3.05) is 39.8 Å². The summed E-state index contributed by atoms with van der Waals surface area (Å²) in [6.45, 7) is 7.33. The largest absolute Gasteiger partial charge is 0.338 e. The molecular weight excluding hydrogens is 226 g/mol. The van der Waals surface area contributed by atoms with Gasteiger partial charge < -0.3 is 15.1 Å². The van der Waals surface area contributed by atoms with Crippen LogP contribution in [0.2, 0.25) is 0 Å². The van der Waals surface area contributed by atoms with Crippen LogP contribution in [0.3, 0.4) is 0 Å². The lowest BCUT2D eigenvalue weighted by Gasteiger charge is -2.30. The standard InChI is InChI=1S/C14H27N3O/c1-12(10-15-2)14(18)17-9-5-6-13(17)11-16-7-3-4-8-16/h12-13,15H,3-11H2,1-2H3. The van der Waals surface area contributed by atoms with Crippen LogP contribution in [0.5, 0.6) is 0 Å². The monoisotopic (exact) mass is 253 g/mol. The third-order valence-corrected chi connectivity index (χ3v) is 4.26. The highest BCUT2D eigenvalue weighted by Crippen LogP contribution is 2.22. The van der Waals surface area contributed by atoms with Gasteiger partial charge in [0.05, 0.1) is 0 Å². The van der Waals surface area contributed by atoms with Gasteiger partial charge in [-0.2, -0.15) is 0 Å². The first-order valence-electron chi connectivity index (χ1n) is 7.40. The number of amides is 1. The van der Waals surface area contributed by atoms with Gasteiger partial charge in [0.15, 0.2) is 0 Å². The summed E-state index contributed by atoms with van der Waals surface area (Å²) in [5, 5.41) is 3.10. The zero-order chi connectivity index (χ0) is 13.0. The third-order valence-electron chi connectivity index (χ3n) is 4.26. The van der Waals surface area contributed by atoms with Crippen LogP contribution in [0.25, 0.3) is 0 Å². The molecule has 0 aliphatic carbocycles. The summed E-state index contributed by atoms with van der Waals surface area (Å²) >= 11 is 0. The number of carbonyl (C=O) groups excluding carboxylic acids is 1. The lowest BCUT2D eigenvalue weighted by Crippen LogP contribution is -2.45. The molecule has 18 heavy (non-hydrogen) atoms. The summed E-state index contributed by atoms with van der Waals surface area (Å²) in [6, 6.07) is 0.468. The second-order valence-corrected chi connectivity index (χ2v) is 5.79. The lowest BCUT2D eigenvalue weighted by molar-refractivity contribution is -0.135. The minimum atomic E-state index is 0.106. The second kappa shape index (κ2) is 6.53. The van der Waals surface area contributed by atoms with E-state index in [0.29, 0.717) is 11.9 Å². The normalized spacial score (nSPS) is 26.8. The number of hydrogen-bond donors (Lipinski definition) is 1.